The second-order valence-electron chi connectivity index (χ2n) is 5.98. The van der Waals surface area contributed by atoms with Crippen molar-refractivity contribution in [3.63, 3.8) is 0 Å². The van der Waals surface area contributed by atoms with Gasteiger partial charge in [-0.15, -0.1) is 0 Å². The van der Waals surface area contributed by atoms with Gasteiger partial charge < -0.3 is 14.5 Å². The predicted molar refractivity (Wildman–Crippen MR) is 102 cm³/mol. The molecule has 1 atom stereocenters. The number of rotatable bonds is 8. The molecule has 0 spiro atoms. The van der Waals surface area contributed by atoms with Crippen LogP contribution in [-0.4, -0.2) is 39.0 Å². The van der Waals surface area contributed by atoms with E-state index in [2.05, 4.69) is 15.0 Å². The molecule has 1 unspecified atom stereocenters. The number of hydrogen-bond acceptors (Lipinski definition) is 5. The van der Waals surface area contributed by atoms with Gasteiger partial charge in [-0.2, -0.15) is 0 Å². The molecule has 3 rings (SSSR count). The number of nitrogens with zero attached hydrogens (tertiary/aromatic N) is 2. The Morgan fingerprint density at radius 3 is 2.85 bits per heavy atom. The van der Waals surface area contributed by atoms with E-state index in [1.807, 2.05) is 45.0 Å². The van der Waals surface area contributed by atoms with Crippen molar-refractivity contribution in [1.82, 2.24) is 15.0 Å². The smallest absolute Gasteiger partial charge is 0.197 e. The maximum absolute atomic E-state index is 12.7. The van der Waals surface area contributed by atoms with Gasteiger partial charge in [0, 0.05) is 18.4 Å². The zero-order valence-electron chi connectivity index (χ0n) is 15.2. The molecular weight excluding hydrogens is 350 g/mol. The first-order chi connectivity index (χ1) is 12.6. The van der Waals surface area contributed by atoms with Gasteiger partial charge in [0.2, 0.25) is 0 Å². The molecule has 7 heteroatoms. The number of hydrogen-bond donors (Lipinski definition) is 1. The first-order valence-corrected chi connectivity index (χ1v) is 9.90. The van der Waals surface area contributed by atoms with Crippen LogP contribution in [0.1, 0.15) is 23.7 Å². The lowest BCUT2D eigenvalue weighted by Gasteiger charge is -2.11. The molecule has 2 aromatic heterocycles. The molecule has 0 fully saturated rings. The largest absolute Gasteiger partial charge is 0.491 e. The molecule has 0 bridgehead atoms. The van der Waals surface area contributed by atoms with E-state index in [-0.39, 0.29) is 5.75 Å². The lowest BCUT2D eigenvalue weighted by Crippen LogP contribution is -2.09. The van der Waals surface area contributed by atoms with Crippen molar-refractivity contribution in [3.8, 4) is 5.75 Å². The fourth-order valence-corrected chi connectivity index (χ4v) is 3.72. The predicted octanol–water partition coefficient (Wildman–Crippen LogP) is 3.30. The standard InChI is InChI=1S/C19H23N3O3S/c1-4-24-9-10-25-18-7-8-20-17(14(18)3)12-26(23)19-21-15-6-5-13(2)11-16(15)22-19/h5-8,11H,4,9-10,12H2,1-3H3,(H,21,22). The summed E-state index contributed by atoms with van der Waals surface area (Å²) in [5.74, 6) is 1.03. The monoisotopic (exact) mass is 373 g/mol. The summed E-state index contributed by atoms with van der Waals surface area (Å²) in [6.45, 7) is 7.57. The van der Waals surface area contributed by atoms with Crippen LogP contribution in [0.4, 0.5) is 0 Å². The number of aryl methyl sites for hydroxylation is 1. The third kappa shape index (κ3) is 4.28. The lowest BCUT2D eigenvalue weighted by molar-refractivity contribution is 0.110. The molecule has 1 N–H and O–H groups in total. The number of aromatic amines is 1. The molecule has 0 saturated carbocycles. The summed E-state index contributed by atoms with van der Waals surface area (Å²) in [5.41, 5.74) is 4.48. The second-order valence-corrected chi connectivity index (χ2v) is 7.35. The van der Waals surface area contributed by atoms with Crippen LogP contribution in [0.2, 0.25) is 0 Å². The van der Waals surface area contributed by atoms with Gasteiger partial charge >= 0.3 is 0 Å². The van der Waals surface area contributed by atoms with E-state index >= 15 is 0 Å². The molecule has 0 saturated heterocycles. The molecule has 0 aliphatic heterocycles. The van der Waals surface area contributed by atoms with E-state index in [4.69, 9.17) is 9.47 Å². The number of H-pyrrole nitrogens is 1. The van der Waals surface area contributed by atoms with Gasteiger partial charge in [0.1, 0.15) is 12.4 Å². The van der Waals surface area contributed by atoms with Crippen LogP contribution in [-0.2, 0) is 21.3 Å². The van der Waals surface area contributed by atoms with Crippen molar-refractivity contribution in [2.24, 2.45) is 0 Å². The van der Waals surface area contributed by atoms with Gasteiger partial charge in [0.25, 0.3) is 0 Å². The Morgan fingerprint density at radius 2 is 2.04 bits per heavy atom. The van der Waals surface area contributed by atoms with Crippen LogP contribution in [0.5, 0.6) is 5.75 Å². The second kappa shape index (κ2) is 8.42. The molecule has 1 aromatic carbocycles. The first kappa shape index (κ1) is 18.5. The van der Waals surface area contributed by atoms with Crippen LogP contribution in [0.3, 0.4) is 0 Å². The number of benzene rings is 1. The Kier molecular flexibility index (Phi) is 6.00. The molecule has 0 amide bonds. The summed E-state index contributed by atoms with van der Waals surface area (Å²) in [5, 5.41) is 0.467. The van der Waals surface area contributed by atoms with Gasteiger partial charge in [0.05, 0.1) is 39.9 Å². The van der Waals surface area contributed by atoms with Crippen LogP contribution in [0, 0.1) is 13.8 Å². The van der Waals surface area contributed by atoms with Gasteiger partial charge in [0.15, 0.2) is 5.16 Å². The van der Waals surface area contributed by atoms with Crippen molar-refractivity contribution in [2.45, 2.75) is 31.7 Å². The topological polar surface area (TPSA) is 77.1 Å². The Morgan fingerprint density at radius 1 is 1.19 bits per heavy atom. The van der Waals surface area contributed by atoms with Gasteiger partial charge in [-0.1, -0.05) is 6.07 Å². The molecule has 138 valence electrons. The highest BCUT2D eigenvalue weighted by Crippen LogP contribution is 2.22. The van der Waals surface area contributed by atoms with Gasteiger partial charge in [-0.05, 0) is 44.5 Å². The SMILES string of the molecule is CCOCCOc1ccnc(CS(=O)c2nc3ccc(C)cc3[nH]2)c1C. The Bertz CT molecular complexity index is 924. The molecular formula is C19H23N3O3S. The summed E-state index contributed by atoms with van der Waals surface area (Å²) in [7, 11) is -1.31. The minimum absolute atomic E-state index is 0.285. The third-order valence-corrected chi connectivity index (χ3v) is 5.21. The quantitative estimate of drug-likeness (QED) is 0.613. The summed E-state index contributed by atoms with van der Waals surface area (Å²) < 4.78 is 23.8. The van der Waals surface area contributed by atoms with Crippen molar-refractivity contribution in [3.05, 3.63) is 47.3 Å². The van der Waals surface area contributed by atoms with E-state index in [0.717, 1.165) is 33.6 Å². The van der Waals surface area contributed by atoms with E-state index in [1.165, 1.54) is 0 Å². The summed E-state index contributed by atoms with van der Waals surface area (Å²) in [4.78, 5) is 12.0. The Labute approximate surface area is 155 Å². The van der Waals surface area contributed by atoms with Crippen molar-refractivity contribution in [1.29, 1.82) is 0 Å². The Balaban J connectivity index is 1.73. The zero-order valence-corrected chi connectivity index (χ0v) is 16.1. The minimum Gasteiger partial charge on any atom is -0.491 e. The first-order valence-electron chi connectivity index (χ1n) is 8.58. The van der Waals surface area contributed by atoms with E-state index < -0.39 is 10.8 Å². The minimum atomic E-state index is -1.31. The highest BCUT2D eigenvalue weighted by Gasteiger charge is 2.15. The third-order valence-electron chi connectivity index (χ3n) is 4.05. The summed E-state index contributed by atoms with van der Waals surface area (Å²) in [6.07, 6.45) is 1.68. The molecule has 0 aliphatic rings. The van der Waals surface area contributed by atoms with E-state index in [9.17, 15) is 4.21 Å². The molecule has 0 radical (unpaired) electrons. The summed E-state index contributed by atoms with van der Waals surface area (Å²) in [6, 6.07) is 7.74. The maximum Gasteiger partial charge on any atom is 0.197 e. The fraction of sp³-hybridized carbons (Fsp3) is 0.368. The number of pyridine rings is 1. The normalized spacial score (nSPS) is 12.4. The number of nitrogens with one attached hydrogen (secondary N) is 1. The van der Waals surface area contributed by atoms with Crippen LogP contribution < -0.4 is 4.74 Å². The average Bonchev–Trinajstić information content (AvgIpc) is 3.05. The Hall–Kier alpha value is -2.25. The summed E-state index contributed by atoms with van der Waals surface area (Å²) >= 11 is 0. The lowest BCUT2D eigenvalue weighted by atomic mass is 10.2. The number of imidazole rings is 1. The number of fused-ring (bicyclic) bond motifs is 1. The van der Waals surface area contributed by atoms with Crippen molar-refractivity contribution in [2.75, 3.05) is 19.8 Å². The van der Waals surface area contributed by atoms with Crippen LogP contribution >= 0.6 is 0 Å². The number of aromatic nitrogens is 3. The molecule has 26 heavy (non-hydrogen) atoms. The average molecular weight is 373 g/mol. The highest BCUT2D eigenvalue weighted by atomic mass is 32.2. The van der Waals surface area contributed by atoms with E-state index in [1.54, 1.807) is 6.20 Å². The van der Waals surface area contributed by atoms with E-state index in [0.29, 0.717) is 25.0 Å². The van der Waals surface area contributed by atoms with Crippen LogP contribution in [0.25, 0.3) is 11.0 Å². The van der Waals surface area contributed by atoms with Crippen molar-refractivity contribution >= 4 is 21.8 Å². The van der Waals surface area contributed by atoms with Gasteiger partial charge in [-0.3, -0.25) is 9.19 Å². The molecule has 6 nitrogen and oxygen atoms in total. The fourth-order valence-electron chi connectivity index (χ4n) is 2.62. The van der Waals surface area contributed by atoms with Gasteiger partial charge in [-0.25, -0.2) is 4.98 Å². The highest BCUT2D eigenvalue weighted by molar-refractivity contribution is 7.84. The maximum atomic E-state index is 12.7. The molecule has 3 aromatic rings. The molecule has 0 aliphatic carbocycles. The van der Waals surface area contributed by atoms with Crippen LogP contribution in [0.15, 0.2) is 35.6 Å². The zero-order chi connectivity index (χ0) is 18.5. The number of ether oxygens (including phenoxy) is 2. The van der Waals surface area contributed by atoms with Crippen molar-refractivity contribution < 1.29 is 13.7 Å². The molecule has 2 heterocycles.